The highest BCUT2D eigenvalue weighted by atomic mass is 35.5. The summed E-state index contributed by atoms with van der Waals surface area (Å²) in [5.74, 6) is 2.99. The molecule has 5 nitrogen and oxygen atoms in total. The van der Waals surface area contributed by atoms with E-state index in [1.807, 2.05) is 6.07 Å². The number of ether oxygens (including phenoxy) is 4. The van der Waals surface area contributed by atoms with Gasteiger partial charge in [-0.3, -0.25) is 0 Å². The SMILES string of the molecule is COc1ccc(CC2NC(c3ccc(C)cc3)Cc3cc(OC)c(OC)cc32)cc1OC.Cl. The first kappa shape index (κ1) is 24.7. The fourth-order valence-corrected chi connectivity index (χ4v) is 4.47. The largest absolute Gasteiger partial charge is 0.493 e. The third-order valence-corrected chi connectivity index (χ3v) is 6.21. The lowest BCUT2D eigenvalue weighted by Crippen LogP contribution is -2.34. The Labute approximate surface area is 202 Å². The van der Waals surface area contributed by atoms with Gasteiger partial charge in [-0.15, -0.1) is 12.4 Å². The van der Waals surface area contributed by atoms with E-state index in [0.717, 1.165) is 35.8 Å². The maximum absolute atomic E-state index is 5.60. The van der Waals surface area contributed by atoms with Gasteiger partial charge in [0, 0.05) is 12.1 Å². The number of nitrogens with one attached hydrogen (secondary N) is 1. The van der Waals surface area contributed by atoms with Crippen molar-refractivity contribution in [1.82, 2.24) is 5.32 Å². The molecular weight excluding hydrogens is 438 g/mol. The minimum Gasteiger partial charge on any atom is -0.493 e. The number of rotatable bonds is 7. The molecular formula is C27H32ClNO4. The molecule has 6 heteroatoms. The topological polar surface area (TPSA) is 49.0 Å². The van der Waals surface area contributed by atoms with Gasteiger partial charge in [-0.25, -0.2) is 0 Å². The molecule has 0 saturated carbocycles. The summed E-state index contributed by atoms with van der Waals surface area (Å²) in [6, 6.07) is 19.4. The van der Waals surface area contributed by atoms with Crippen LogP contribution in [0.1, 0.15) is 39.9 Å². The molecule has 0 radical (unpaired) electrons. The number of hydrogen-bond acceptors (Lipinski definition) is 5. The van der Waals surface area contributed by atoms with Gasteiger partial charge in [0.05, 0.1) is 28.4 Å². The Morgan fingerprint density at radius 2 is 1.36 bits per heavy atom. The average molecular weight is 470 g/mol. The Balaban J connectivity index is 0.00000306. The summed E-state index contributed by atoms with van der Waals surface area (Å²) in [6.07, 6.45) is 1.70. The molecule has 1 aliphatic rings. The normalized spacial score (nSPS) is 16.9. The molecule has 0 aromatic heterocycles. The molecule has 0 bridgehead atoms. The highest BCUT2D eigenvalue weighted by Crippen LogP contribution is 2.40. The zero-order chi connectivity index (χ0) is 22.7. The van der Waals surface area contributed by atoms with Crippen LogP contribution in [-0.2, 0) is 12.8 Å². The minimum atomic E-state index is 0. The van der Waals surface area contributed by atoms with Gasteiger partial charge in [-0.2, -0.15) is 0 Å². The molecule has 176 valence electrons. The summed E-state index contributed by atoms with van der Waals surface area (Å²) in [7, 11) is 6.69. The molecule has 3 aromatic carbocycles. The molecule has 1 heterocycles. The van der Waals surface area contributed by atoms with Gasteiger partial charge in [0.15, 0.2) is 23.0 Å². The first-order chi connectivity index (χ1) is 15.6. The van der Waals surface area contributed by atoms with E-state index < -0.39 is 0 Å². The fraction of sp³-hybridized carbons (Fsp3) is 0.333. The average Bonchev–Trinajstić information content (AvgIpc) is 2.83. The van der Waals surface area contributed by atoms with Gasteiger partial charge >= 0.3 is 0 Å². The van der Waals surface area contributed by atoms with Crippen LogP contribution >= 0.6 is 12.4 Å². The first-order valence-corrected chi connectivity index (χ1v) is 10.8. The molecule has 33 heavy (non-hydrogen) atoms. The molecule has 1 aliphatic heterocycles. The Kier molecular flexibility index (Phi) is 8.11. The van der Waals surface area contributed by atoms with Crippen LogP contribution in [0.15, 0.2) is 54.6 Å². The van der Waals surface area contributed by atoms with Crippen molar-refractivity contribution in [2.45, 2.75) is 31.8 Å². The number of benzene rings is 3. The molecule has 4 rings (SSSR count). The number of fused-ring (bicyclic) bond motifs is 1. The van der Waals surface area contributed by atoms with Gasteiger partial charge in [-0.05, 0) is 66.3 Å². The van der Waals surface area contributed by atoms with Crippen molar-refractivity contribution in [3.8, 4) is 23.0 Å². The highest BCUT2D eigenvalue weighted by molar-refractivity contribution is 5.85. The quantitative estimate of drug-likeness (QED) is 0.486. The van der Waals surface area contributed by atoms with Crippen LogP contribution < -0.4 is 24.3 Å². The van der Waals surface area contributed by atoms with Gasteiger partial charge in [0.25, 0.3) is 0 Å². The predicted octanol–water partition coefficient (Wildman–Crippen LogP) is 5.62. The molecule has 0 fully saturated rings. The van der Waals surface area contributed by atoms with Crippen molar-refractivity contribution in [2.24, 2.45) is 0 Å². The molecule has 0 aliphatic carbocycles. The lowest BCUT2D eigenvalue weighted by molar-refractivity contribution is 0.347. The molecule has 3 aromatic rings. The van der Waals surface area contributed by atoms with Gasteiger partial charge < -0.3 is 24.3 Å². The molecule has 0 spiro atoms. The number of methoxy groups -OCH3 is 4. The van der Waals surface area contributed by atoms with E-state index in [2.05, 4.69) is 60.8 Å². The summed E-state index contributed by atoms with van der Waals surface area (Å²) >= 11 is 0. The van der Waals surface area contributed by atoms with Gasteiger partial charge in [-0.1, -0.05) is 35.9 Å². The smallest absolute Gasteiger partial charge is 0.161 e. The van der Waals surface area contributed by atoms with Crippen molar-refractivity contribution >= 4 is 12.4 Å². The fourth-order valence-electron chi connectivity index (χ4n) is 4.47. The zero-order valence-corrected chi connectivity index (χ0v) is 20.6. The van der Waals surface area contributed by atoms with E-state index in [4.69, 9.17) is 18.9 Å². The number of hydrogen-bond donors (Lipinski definition) is 1. The van der Waals surface area contributed by atoms with E-state index >= 15 is 0 Å². The lowest BCUT2D eigenvalue weighted by atomic mass is 9.84. The molecule has 0 amide bonds. The number of halogens is 1. The molecule has 0 saturated heterocycles. The predicted molar refractivity (Wildman–Crippen MR) is 134 cm³/mol. The van der Waals surface area contributed by atoms with Crippen LogP contribution in [-0.4, -0.2) is 28.4 Å². The van der Waals surface area contributed by atoms with Crippen LogP contribution in [0.4, 0.5) is 0 Å². The second kappa shape index (κ2) is 10.8. The Bertz CT molecular complexity index is 1080. The lowest BCUT2D eigenvalue weighted by Gasteiger charge is -2.34. The Hall–Kier alpha value is -2.89. The molecule has 1 N–H and O–H groups in total. The highest BCUT2D eigenvalue weighted by Gasteiger charge is 2.29. The first-order valence-electron chi connectivity index (χ1n) is 10.8. The molecule has 2 unspecified atom stereocenters. The second-order valence-electron chi connectivity index (χ2n) is 8.19. The van der Waals surface area contributed by atoms with Gasteiger partial charge in [0.1, 0.15) is 0 Å². The van der Waals surface area contributed by atoms with E-state index in [9.17, 15) is 0 Å². The summed E-state index contributed by atoms with van der Waals surface area (Å²) in [4.78, 5) is 0. The van der Waals surface area contributed by atoms with Crippen LogP contribution in [0.2, 0.25) is 0 Å². The van der Waals surface area contributed by atoms with Crippen LogP contribution in [0.25, 0.3) is 0 Å². The van der Waals surface area contributed by atoms with E-state index in [0.29, 0.717) is 0 Å². The van der Waals surface area contributed by atoms with Crippen molar-refractivity contribution in [1.29, 1.82) is 0 Å². The summed E-state index contributed by atoms with van der Waals surface area (Å²) in [5, 5.41) is 3.88. The van der Waals surface area contributed by atoms with E-state index in [1.54, 1.807) is 28.4 Å². The van der Waals surface area contributed by atoms with E-state index in [-0.39, 0.29) is 24.5 Å². The third-order valence-electron chi connectivity index (χ3n) is 6.21. The zero-order valence-electron chi connectivity index (χ0n) is 19.8. The van der Waals surface area contributed by atoms with Crippen LogP contribution in [0.5, 0.6) is 23.0 Å². The van der Waals surface area contributed by atoms with Crippen molar-refractivity contribution in [3.05, 3.63) is 82.4 Å². The minimum absolute atomic E-state index is 0. The van der Waals surface area contributed by atoms with E-state index in [1.165, 1.54) is 27.8 Å². The monoisotopic (exact) mass is 469 g/mol. The Morgan fingerprint density at radius 3 is 2.00 bits per heavy atom. The number of aryl methyl sites for hydroxylation is 1. The van der Waals surface area contributed by atoms with Gasteiger partial charge in [0.2, 0.25) is 0 Å². The standard InChI is InChI=1S/C27H31NO4.ClH/c1-17-6-9-19(10-7-17)22-14-20-15-26(31-4)27(32-5)16-21(20)23(28-22)12-18-8-11-24(29-2)25(13-18)30-3;/h6-11,13,15-16,22-23,28H,12,14H2,1-5H3;1H. The summed E-state index contributed by atoms with van der Waals surface area (Å²) in [6.45, 7) is 2.12. The third kappa shape index (κ3) is 5.21. The van der Waals surface area contributed by atoms with Crippen LogP contribution in [0, 0.1) is 6.92 Å². The summed E-state index contributed by atoms with van der Waals surface area (Å²) in [5.41, 5.74) is 6.23. The van der Waals surface area contributed by atoms with Crippen LogP contribution in [0.3, 0.4) is 0 Å². The van der Waals surface area contributed by atoms with Crippen molar-refractivity contribution < 1.29 is 18.9 Å². The maximum atomic E-state index is 5.60. The summed E-state index contributed by atoms with van der Waals surface area (Å²) < 4.78 is 22.1. The molecule has 2 atom stereocenters. The van der Waals surface area contributed by atoms with Crippen molar-refractivity contribution in [2.75, 3.05) is 28.4 Å². The Morgan fingerprint density at radius 1 is 0.758 bits per heavy atom. The second-order valence-corrected chi connectivity index (χ2v) is 8.19. The van der Waals surface area contributed by atoms with Crippen molar-refractivity contribution in [3.63, 3.8) is 0 Å². The maximum Gasteiger partial charge on any atom is 0.161 e.